The molecule has 4 nitrogen and oxygen atoms in total. The first-order chi connectivity index (χ1) is 39.2. The molecule has 4 aromatic heterocycles. The van der Waals surface area contributed by atoms with Crippen LogP contribution >= 0.6 is 11.3 Å². The predicted octanol–water partition coefficient (Wildman–Crippen LogP) is 19.2. The summed E-state index contributed by atoms with van der Waals surface area (Å²) in [6, 6.07) is 97.4. The topological polar surface area (TPSA) is 43.1 Å². The van der Waals surface area contributed by atoms with Gasteiger partial charge in [-0.1, -0.05) is 231 Å². The molecule has 4 heterocycles. The zero-order valence-corrected chi connectivity index (χ0v) is 43.4. The highest BCUT2D eigenvalue weighted by Gasteiger charge is 2.46. The lowest BCUT2D eigenvalue weighted by Gasteiger charge is -2.33. The van der Waals surface area contributed by atoms with Crippen LogP contribution in [0.5, 0.6) is 0 Å². The van der Waals surface area contributed by atoms with Crippen molar-refractivity contribution in [3.05, 3.63) is 289 Å². The fourth-order valence-corrected chi connectivity index (χ4v) is 14.6. The van der Waals surface area contributed by atoms with Crippen molar-refractivity contribution in [2.75, 3.05) is 0 Å². The van der Waals surface area contributed by atoms with Gasteiger partial charge in [-0.15, -0.1) is 11.3 Å². The van der Waals surface area contributed by atoms with Crippen molar-refractivity contribution in [1.29, 1.82) is 0 Å². The van der Waals surface area contributed by atoms with Gasteiger partial charge in [-0.3, -0.25) is 0 Å². The molecule has 0 bridgehead atoms. The van der Waals surface area contributed by atoms with Crippen LogP contribution in [0.2, 0.25) is 0 Å². The van der Waals surface area contributed by atoms with Gasteiger partial charge in [0.25, 0.3) is 0 Å². The Bertz CT molecular complexity index is 5090. The first-order valence-corrected chi connectivity index (χ1v) is 27.8. The van der Waals surface area contributed by atoms with Gasteiger partial charge in [-0.2, -0.15) is 0 Å². The number of para-hydroxylation sites is 1. The van der Waals surface area contributed by atoms with E-state index in [1.54, 1.807) is 0 Å². The van der Waals surface area contributed by atoms with E-state index >= 15 is 0 Å². The van der Waals surface area contributed by atoms with Crippen LogP contribution in [-0.4, -0.2) is 19.4 Å². The maximum atomic E-state index is 5.46. The molecule has 1 aliphatic rings. The van der Waals surface area contributed by atoms with E-state index < -0.39 is 5.41 Å². The Morgan fingerprint density at radius 3 is 1.66 bits per heavy atom. The molecule has 16 aromatic rings. The van der Waals surface area contributed by atoms with E-state index in [1.807, 2.05) is 11.3 Å². The normalized spacial score (nSPS) is 12.9. The highest BCUT2D eigenvalue weighted by atomic mass is 32.1. The number of fused-ring (bicyclic) bond motifs is 10. The summed E-state index contributed by atoms with van der Waals surface area (Å²) in [4.78, 5) is 16.2. The molecule has 79 heavy (non-hydrogen) atoms. The Kier molecular flexibility index (Phi) is 9.47. The van der Waals surface area contributed by atoms with Gasteiger partial charge in [0.15, 0.2) is 17.5 Å². The maximum Gasteiger partial charge on any atom is 0.164 e. The lowest BCUT2D eigenvalue weighted by molar-refractivity contribution is 0.768. The van der Waals surface area contributed by atoms with E-state index in [1.165, 1.54) is 103 Å². The molecule has 0 spiro atoms. The molecule has 0 radical (unpaired) electrons. The van der Waals surface area contributed by atoms with Crippen LogP contribution in [0.3, 0.4) is 0 Å². The minimum absolute atomic E-state index is 0.512. The highest BCUT2D eigenvalue weighted by molar-refractivity contribution is 7.26. The monoisotopic (exact) mass is 1020 g/mol. The average Bonchev–Trinajstić information content (AvgIpc) is 4.27. The van der Waals surface area contributed by atoms with E-state index in [0.717, 1.165) is 38.8 Å². The first-order valence-electron chi connectivity index (χ1n) is 27.0. The van der Waals surface area contributed by atoms with E-state index in [0.29, 0.717) is 17.5 Å². The molecule has 5 heteroatoms. The zero-order valence-electron chi connectivity index (χ0n) is 42.6. The molecule has 0 N–H and O–H groups in total. The van der Waals surface area contributed by atoms with E-state index in [2.05, 4.69) is 271 Å². The van der Waals surface area contributed by atoms with Gasteiger partial charge in [-0.25, -0.2) is 15.0 Å². The predicted molar refractivity (Wildman–Crippen MR) is 329 cm³/mol. The SMILES string of the molecule is c1ccc(C2(c3ccccc3)c3ccccc3-c3cc(-c4nc(-c5ccc6ccccc6c5)nc(-c5ccccc5-c5ccc(-c6cccc7c6c6cccc8sc9ccc%10c%11ccccc%11n7c%10c9c86)cc5)n4)ccc32)cc1. The average molecular weight is 1020 g/mol. The molecule has 0 unspecified atom stereocenters. The van der Waals surface area contributed by atoms with Gasteiger partial charge in [0.2, 0.25) is 0 Å². The number of rotatable bonds is 7. The number of aromatic nitrogens is 4. The van der Waals surface area contributed by atoms with Crippen molar-refractivity contribution >= 4 is 80.4 Å². The van der Waals surface area contributed by atoms with Crippen molar-refractivity contribution in [3.8, 4) is 67.5 Å². The maximum absolute atomic E-state index is 5.46. The Labute approximate surface area is 459 Å². The Balaban J connectivity index is 0.835. The smallest absolute Gasteiger partial charge is 0.164 e. The Hall–Kier alpha value is -10.1. The highest BCUT2D eigenvalue weighted by Crippen LogP contribution is 2.57. The van der Waals surface area contributed by atoms with Gasteiger partial charge >= 0.3 is 0 Å². The second-order valence-electron chi connectivity index (χ2n) is 20.9. The zero-order chi connectivity index (χ0) is 51.8. The fourth-order valence-electron chi connectivity index (χ4n) is 13.5. The molecular weight excluding hydrogens is 977 g/mol. The van der Waals surface area contributed by atoms with Crippen LogP contribution < -0.4 is 0 Å². The van der Waals surface area contributed by atoms with Crippen LogP contribution in [0.25, 0.3) is 137 Å². The molecular formula is C74H44N4S. The second kappa shape index (κ2) is 17.0. The molecule has 17 rings (SSSR count). The quantitative estimate of drug-likeness (QED) is 0.160. The molecule has 366 valence electrons. The number of hydrogen-bond donors (Lipinski definition) is 0. The molecule has 0 amide bonds. The summed E-state index contributed by atoms with van der Waals surface area (Å²) in [5, 5.41) is 10.1. The van der Waals surface area contributed by atoms with E-state index in [-0.39, 0.29) is 0 Å². The summed E-state index contributed by atoms with van der Waals surface area (Å²) in [7, 11) is 0. The van der Waals surface area contributed by atoms with E-state index in [9.17, 15) is 0 Å². The van der Waals surface area contributed by atoms with Crippen LogP contribution in [0.1, 0.15) is 22.3 Å². The van der Waals surface area contributed by atoms with Gasteiger partial charge in [0, 0.05) is 53.0 Å². The van der Waals surface area contributed by atoms with Gasteiger partial charge in [-0.05, 0) is 108 Å². The van der Waals surface area contributed by atoms with Crippen LogP contribution in [0, 0.1) is 0 Å². The van der Waals surface area contributed by atoms with Crippen LogP contribution in [-0.2, 0) is 5.41 Å². The minimum atomic E-state index is -0.512. The second-order valence-corrected chi connectivity index (χ2v) is 22.0. The van der Waals surface area contributed by atoms with Crippen LogP contribution in [0.4, 0.5) is 0 Å². The number of nitrogens with zero attached hydrogens (tertiary/aromatic N) is 4. The third-order valence-electron chi connectivity index (χ3n) is 16.9. The molecule has 0 saturated carbocycles. The molecule has 0 atom stereocenters. The van der Waals surface area contributed by atoms with Crippen molar-refractivity contribution in [2.45, 2.75) is 5.41 Å². The summed E-state index contributed by atoms with van der Waals surface area (Å²) < 4.78 is 5.16. The molecule has 0 fully saturated rings. The van der Waals surface area contributed by atoms with Gasteiger partial charge in [0.1, 0.15) is 0 Å². The largest absolute Gasteiger partial charge is 0.308 e. The summed E-state index contributed by atoms with van der Waals surface area (Å²) >= 11 is 1.89. The van der Waals surface area contributed by atoms with Gasteiger partial charge in [0.05, 0.1) is 22.0 Å². The third-order valence-corrected chi connectivity index (χ3v) is 18.0. The fraction of sp³-hybridized carbons (Fsp3) is 0.0135. The van der Waals surface area contributed by atoms with Crippen molar-refractivity contribution in [1.82, 2.24) is 19.4 Å². The van der Waals surface area contributed by atoms with Crippen molar-refractivity contribution in [3.63, 3.8) is 0 Å². The standard InChI is InChI=1S/C74H44N4S/c1-3-19-51(20-4-1)74(52-21-5-2-6-22-52)61-29-13-11-24-55(61)60-44-50(39-41-62(60)74)72-75-71(49-38-33-45-17-7-8-18-48(45)43-49)76-73(77-72)58-26-10-9-23-53(58)46-34-36-47(37-35-46)54-27-15-31-64-67(54)59-28-16-32-65-68(59)69-66(79-65)42-40-57-56-25-12-14-30-63(56)78(64)70(57)69/h1-44H. The molecule has 1 aliphatic carbocycles. The van der Waals surface area contributed by atoms with Gasteiger partial charge < -0.3 is 4.40 Å². The summed E-state index contributed by atoms with van der Waals surface area (Å²) in [5.41, 5.74) is 17.8. The molecule has 0 saturated heterocycles. The van der Waals surface area contributed by atoms with Crippen molar-refractivity contribution in [2.24, 2.45) is 0 Å². The summed E-state index contributed by atoms with van der Waals surface area (Å²) in [5.74, 6) is 1.86. The van der Waals surface area contributed by atoms with Crippen LogP contribution in [0.15, 0.2) is 267 Å². The number of benzene rings is 12. The lowest BCUT2D eigenvalue weighted by atomic mass is 9.67. The Morgan fingerprint density at radius 1 is 0.304 bits per heavy atom. The summed E-state index contributed by atoms with van der Waals surface area (Å²) in [6.07, 6.45) is 0. The third kappa shape index (κ3) is 6.39. The molecule has 12 aromatic carbocycles. The lowest BCUT2D eigenvalue weighted by Crippen LogP contribution is -2.28. The first kappa shape index (κ1) is 44.1. The Morgan fingerprint density at radius 2 is 0.861 bits per heavy atom. The summed E-state index contributed by atoms with van der Waals surface area (Å²) in [6.45, 7) is 0. The van der Waals surface area contributed by atoms with Crippen molar-refractivity contribution < 1.29 is 0 Å². The number of hydrogen-bond acceptors (Lipinski definition) is 4. The molecule has 0 aliphatic heterocycles. The number of thiophene rings is 1. The minimum Gasteiger partial charge on any atom is -0.308 e. The van der Waals surface area contributed by atoms with E-state index in [4.69, 9.17) is 15.0 Å².